The molecule has 0 aromatic rings. The minimum atomic E-state index is 0.250. The summed E-state index contributed by atoms with van der Waals surface area (Å²) in [6.07, 6.45) is 9.35. The second-order valence-corrected chi connectivity index (χ2v) is 6.58. The summed E-state index contributed by atoms with van der Waals surface area (Å²) in [6.45, 7) is 4.72. The van der Waals surface area contributed by atoms with E-state index in [4.69, 9.17) is 11.6 Å². The van der Waals surface area contributed by atoms with Crippen molar-refractivity contribution in [1.82, 2.24) is 0 Å². The first-order valence-corrected chi connectivity index (χ1v) is 7.64. The molecule has 3 fully saturated rings. The number of rotatable bonds is 4. The van der Waals surface area contributed by atoms with E-state index >= 15 is 0 Å². The molecule has 3 aliphatic carbocycles. The van der Waals surface area contributed by atoms with Crippen LogP contribution in [0.25, 0.3) is 0 Å². The highest BCUT2D eigenvalue weighted by Crippen LogP contribution is 2.58. The van der Waals surface area contributed by atoms with Crippen molar-refractivity contribution < 1.29 is 0 Å². The fourth-order valence-electron chi connectivity index (χ4n) is 4.40. The molecule has 0 heterocycles. The SMILES string of the molecule is CCCC(C)C1CC2CCC1(C(Cl)=NC)CC2. The molecule has 0 aliphatic heterocycles. The lowest BCUT2D eigenvalue weighted by molar-refractivity contribution is 0.0183. The molecular weight excluding hydrogens is 230 g/mol. The quantitative estimate of drug-likeness (QED) is 0.635. The molecule has 0 saturated heterocycles. The van der Waals surface area contributed by atoms with Crippen molar-refractivity contribution in [3.05, 3.63) is 0 Å². The van der Waals surface area contributed by atoms with Gasteiger partial charge in [-0.15, -0.1) is 0 Å². The average Bonchev–Trinajstić information content (AvgIpc) is 2.39. The summed E-state index contributed by atoms with van der Waals surface area (Å²) in [6, 6.07) is 0. The predicted octanol–water partition coefficient (Wildman–Crippen LogP) is 4.89. The summed E-state index contributed by atoms with van der Waals surface area (Å²) in [5.74, 6) is 2.56. The van der Waals surface area contributed by atoms with Crippen LogP contribution in [-0.2, 0) is 0 Å². The Morgan fingerprint density at radius 3 is 2.59 bits per heavy atom. The van der Waals surface area contributed by atoms with Crippen molar-refractivity contribution in [3.63, 3.8) is 0 Å². The fraction of sp³-hybridized carbons (Fsp3) is 0.933. The molecule has 0 amide bonds. The molecule has 2 bridgehead atoms. The smallest absolute Gasteiger partial charge is 0.106 e. The Bertz CT molecular complexity index is 289. The molecule has 0 aromatic carbocycles. The van der Waals surface area contributed by atoms with Crippen molar-refractivity contribution >= 4 is 16.8 Å². The van der Waals surface area contributed by atoms with E-state index in [-0.39, 0.29) is 5.41 Å². The molecule has 2 atom stereocenters. The van der Waals surface area contributed by atoms with Crippen LogP contribution < -0.4 is 0 Å². The highest BCUT2D eigenvalue weighted by Gasteiger charge is 2.51. The van der Waals surface area contributed by atoms with Crippen molar-refractivity contribution in [2.75, 3.05) is 7.05 Å². The van der Waals surface area contributed by atoms with E-state index in [1.165, 1.54) is 44.9 Å². The summed E-state index contributed by atoms with van der Waals surface area (Å²) in [4.78, 5) is 4.35. The summed E-state index contributed by atoms with van der Waals surface area (Å²) >= 11 is 6.51. The van der Waals surface area contributed by atoms with Crippen molar-refractivity contribution in [2.24, 2.45) is 28.2 Å². The second-order valence-electron chi connectivity index (χ2n) is 6.22. The zero-order valence-electron chi connectivity index (χ0n) is 11.5. The van der Waals surface area contributed by atoms with E-state index in [1.807, 2.05) is 7.05 Å². The monoisotopic (exact) mass is 255 g/mol. The lowest BCUT2D eigenvalue weighted by Crippen LogP contribution is -2.48. The maximum Gasteiger partial charge on any atom is 0.106 e. The molecule has 0 N–H and O–H groups in total. The molecule has 2 heteroatoms. The van der Waals surface area contributed by atoms with Crippen LogP contribution in [0, 0.1) is 23.2 Å². The number of halogens is 1. The van der Waals surface area contributed by atoms with Gasteiger partial charge in [0.05, 0.1) is 0 Å². The molecule has 98 valence electrons. The summed E-state index contributed by atoms with van der Waals surface area (Å²) in [5, 5.41) is 0.920. The van der Waals surface area contributed by atoms with E-state index in [0.717, 1.165) is 22.9 Å². The summed E-state index contributed by atoms with van der Waals surface area (Å²) in [5.41, 5.74) is 0.250. The van der Waals surface area contributed by atoms with E-state index in [2.05, 4.69) is 18.8 Å². The van der Waals surface area contributed by atoms with Crippen LogP contribution in [0.4, 0.5) is 0 Å². The van der Waals surface area contributed by atoms with Crippen LogP contribution in [-0.4, -0.2) is 12.2 Å². The Labute approximate surface area is 111 Å². The maximum absolute atomic E-state index is 6.51. The first-order valence-electron chi connectivity index (χ1n) is 7.26. The highest BCUT2D eigenvalue weighted by atomic mass is 35.5. The van der Waals surface area contributed by atoms with Gasteiger partial charge in [0, 0.05) is 12.5 Å². The van der Waals surface area contributed by atoms with Gasteiger partial charge in [-0.3, -0.25) is 4.99 Å². The topological polar surface area (TPSA) is 12.4 Å². The molecular formula is C15H26ClN. The van der Waals surface area contributed by atoms with Gasteiger partial charge in [0.25, 0.3) is 0 Å². The molecule has 2 unspecified atom stereocenters. The normalized spacial score (nSPS) is 39.4. The second kappa shape index (κ2) is 5.30. The van der Waals surface area contributed by atoms with Crippen molar-refractivity contribution in [1.29, 1.82) is 0 Å². The van der Waals surface area contributed by atoms with Gasteiger partial charge >= 0.3 is 0 Å². The van der Waals surface area contributed by atoms with Crippen molar-refractivity contribution in [3.8, 4) is 0 Å². The minimum absolute atomic E-state index is 0.250. The number of nitrogens with zero attached hydrogens (tertiary/aromatic N) is 1. The van der Waals surface area contributed by atoms with E-state index in [0.29, 0.717) is 0 Å². The molecule has 0 aromatic heterocycles. The molecule has 3 saturated carbocycles. The number of hydrogen-bond acceptors (Lipinski definition) is 1. The predicted molar refractivity (Wildman–Crippen MR) is 75.8 cm³/mol. The van der Waals surface area contributed by atoms with Crippen molar-refractivity contribution in [2.45, 2.75) is 58.8 Å². The van der Waals surface area contributed by atoms with Gasteiger partial charge in [0.2, 0.25) is 0 Å². The summed E-state index contributed by atoms with van der Waals surface area (Å²) < 4.78 is 0. The molecule has 1 nitrogen and oxygen atoms in total. The van der Waals surface area contributed by atoms with Gasteiger partial charge in [-0.1, -0.05) is 38.3 Å². The van der Waals surface area contributed by atoms with Gasteiger partial charge in [-0.2, -0.15) is 0 Å². The average molecular weight is 256 g/mol. The number of fused-ring (bicyclic) bond motifs is 3. The van der Waals surface area contributed by atoms with Crippen LogP contribution in [0.5, 0.6) is 0 Å². The Morgan fingerprint density at radius 2 is 2.06 bits per heavy atom. The zero-order valence-corrected chi connectivity index (χ0v) is 12.3. The molecule has 0 spiro atoms. The van der Waals surface area contributed by atoms with Gasteiger partial charge in [-0.25, -0.2) is 0 Å². The molecule has 0 radical (unpaired) electrons. The Morgan fingerprint density at radius 1 is 1.41 bits per heavy atom. The first-order chi connectivity index (χ1) is 8.14. The van der Waals surface area contributed by atoms with Gasteiger partial charge in [-0.05, 0) is 49.9 Å². The maximum atomic E-state index is 6.51. The zero-order chi connectivity index (χ0) is 12.5. The fourth-order valence-corrected chi connectivity index (χ4v) is 4.73. The van der Waals surface area contributed by atoms with Crippen LogP contribution >= 0.6 is 11.6 Å². The Kier molecular flexibility index (Phi) is 4.18. The van der Waals surface area contributed by atoms with Crippen LogP contribution in [0.3, 0.4) is 0 Å². The summed E-state index contributed by atoms with van der Waals surface area (Å²) in [7, 11) is 1.86. The Balaban J connectivity index is 2.24. The van der Waals surface area contributed by atoms with Crippen LogP contribution in [0.1, 0.15) is 58.8 Å². The Hall–Kier alpha value is -0.0400. The van der Waals surface area contributed by atoms with Crippen LogP contribution in [0.2, 0.25) is 0 Å². The van der Waals surface area contributed by atoms with E-state index in [9.17, 15) is 0 Å². The third-order valence-corrected chi connectivity index (χ3v) is 5.88. The number of hydrogen-bond donors (Lipinski definition) is 0. The van der Waals surface area contributed by atoms with Crippen LogP contribution in [0.15, 0.2) is 4.99 Å². The lowest BCUT2D eigenvalue weighted by atomic mass is 9.52. The largest absolute Gasteiger partial charge is 0.280 e. The highest BCUT2D eigenvalue weighted by molar-refractivity contribution is 6.66. The third-order valence-electron chi connectivity index (χ3n) is 5.33. The van der Waals surface area contributed by atoms with E-state index < -0.39 is 0 Å². The minimum Gasteiger partial charge on any atom is -0.280 e. The van der Waals surface area contributed by atoms with Gasteiger partial charge in [0.1, 0.15) is 5.17 Å². The molecule has 3 rings (SSSR count). The molecule has 17 heavy (non-hydrogen) atoms. The number of aliphatic imine (C=N–C) groups is 1. The third kappa shape index (κ3) is 2.28. The van der Waals surface area contributed by atoms with Gasteiger partial charge in [0.15, 0.2) is 0 Å². The standard InChI is InChI=1S/C15H26ClN/c1-4-5-11(2)13-10-12-6-8-15(13,9-7-12)14(16)17-3/h11-13H,4-10H2,1-3H3. The first kappa shape index (κ1) is 13.4. The van der Waals surface area contributed by atoms with Gasteiger partial charge < -0.3 is 0 Å². The lowest BCUT2D eigenvalue weighted by Gasteiger charge is -2.53. The molecule has 3 aliphatic rings. The van der Waals surface area contributed by atoms with E-state index in [1.54, 1.807) is 0 Å².